The predicted octanol–water partition coefficient (Wildman–Crippen LogP) is 30.4. The number of nitrogens with zero attached hydrogens (tertiary/aromatic N) is 6. The molecule has 0 saturated heterocycles. The summed E-state index contributed by atoms with van der Waals surface area (Å²) in [6, 6.07) is 143. The number of hydrogen-bond donors (Lipinski definition) is 0. The Labute approximate surface area is 687 Å². The SMILES string of the molecule is c1ccc(-c2nc(-c3ccc(-c4nc5c(-c6ccc(-c7cccc8c7sc7ccccc78)cc6)cccc5c5c4ccc4ccccc45)cc3)c3ccccc3n2)cc1.c1ccc(-c2nc(-c3ccc(-c4nc5c(-c6ccc(-c7cccc8sc9ccccc9c78)cc6)cccc5c5c4ccc4ccccc45)cc3)c3ccccc3n2)cc1. The van der Waals surface area contributed by atoms with Crippen molar-refractivity contribution in [3.8, 4) is 112 Å². The molecule has 0 N–H and O–H groups in total. The summed E-state index contributed by atoms with van der Waals surface area (Å²) in [6.45, 7) is 0. The van der Waals surface area contributed by atoms with Gasteiger partial charge < -0.3 is 0 Å². The van der Waals surface area contributed by atoms with E-state index >= 15 is 0 Å². The van der Waals surface area contributed by atoms with E-state index in [0.29, 0.717) is 0 Å². The minimum absolute atomic E-state index is 0.718. The highest BCUT2D eigenvalue weighted by molar-refractivity contribution is 7.26. The fourth-order valence-electron chi connectivity index (χ4n) is 17.7. The molecule has 6 heterocycles. The van der Waals surface area contributed by atoms with Gasteiger partial charge in [-0.3, -0.25) is 0 Å². The number of fused-ring (bicyclic) bond motifs is 18. The molecule has 0 unspecified atom stereocenters. The van der Waals surface area contributed by atoms with Crippen LogP contribution in [0, 0.1) is 0 Å². The van der Waals surface area contributed by atoms with E-state index in [2.05, 4.69) is 352 Å². The van der Waals surface area contributed by atoms with Gasteiger partial charge in [0.15, 0.2) is 11.6 Å². The first-order chi connectivity index (χ1) is 58.5. The van der Waals surface area contributed by atoms with E-state index in [1.54, 1.807) is 0 Å². The summed E-state index contributed by atoms with van der Waals surface area (Å²) < 4.78 is 5.27. The van der Waals surface area contributed by atoms with Gasteiger partial charge in [0, 0.05) is 128 Å². The first-order valence-corrected chi connectivity index (χ1v) is 41.5. The third kappa shape index (κ3) is 11.7. The molecule has 0 aliphatic rings. The van der Waals surface area contributed by atoms with Gasteiger partial charge in [-0.2, -0.15) is 0 Å². The molecule has 8 heteroatoms. The van der Waals surface area contributed by atoms with Crippen LogP contribution in [0.4, 0.5) is 0 Å². The number of rotatable bonds is 10. The van der Waals surface area contributed by atoms with E-state index in [1.165, 1.54) is 94.9 Å². The third-order valence-corrected chi connectivity index (χ3v) is 25.7. The van der Waals surface area contributed by atoms with Gasteiger partial charge in [0.25, 0.3) is 0 Å². The van der Waals surface area contributed by atoms with Crippen LogP contribution in [0.1, 0.15) is 0 Å². The summed E-state index contributed by atoms with van der Waals surface area (Å²) in [5.74, 6) is 1.44. The van der Waals surface area contributed by atoms with Crippen LogP contribution >= 0.6 is 22.7 Å². The Morgan fingerprint density at radius 2 is 0.500 bits per heavy atom. The van der Waals surface area contributed by atoms with Gasteiger partial charge in [-0.15, -0.1) is 22.7 Å². The molecule has 24 aromatic rings. The number of benzene rings is 18. The van der Waals surface area contributed by atoms with Crippen molar-refractivity contribution in [3.63, 3.8) is 0 Å². The van der Waals surface area contributed by atoms with Crippen molar-refractivity contribution in [3.05, 3.63) is 400 Å². The molecular formula is C110H66N6S2. The van der Waals surface area contributed by atoms with Crippen molar-refractivity contribution in [1.82, 2.24) is 29.9 Å². The topological polar surface area (TPSA) is 77.3 Å². The lowest BCUT2D eigenvalue weighted by molar-refractivity contribution is 1.23. The highest BCUT2D eigenvalue weighted by Gasteiger charge is 2.23. The Bertz CT molecular complexity index is 8140. The van der Waals surface area contributed by atoms with Crippen LogP contribution in [0.2, 0.25) is 0 Å². The first kappa shape index (κ1) is 68.5. The molecule has 0 aliphatic carbocycles. The van der Waals surface area contributed by atoms with E-state index in [1.807, 2.05) is 71.2 Å². The van der Waals surface area contributed by atoms with Crippen molar-refractivity contribution >= 4 is 150 Å². The van der Waals surface area contributed by atoms with E-state index in [9.17, 15) is 0 Å². The van der Waals surface area contributed by atoms with Crippen molar-refractivity contribution in [2.75, 3.05) is 0 Å². The fourth-order valence-corrected chi connectivity index (χ4v) is 20.1. The largest absolute Gasteiger partial charge is 0.246 e. The second-order valence-electron chi connectivity index (χ2n) is 30.2. The van der Waals surface area contributed by atoms with Gasteiger partial charge in [-0.25, -0.2) is 29.9 Å². The van der Waals surface area contributed by atoms with Gasteiger partial charge in [0.2, 0.25) is 0 Å². The quantitative estimate of drug-likeness (QED) is 0.127. The summed E-state index contributed by atoms with van der Waals surface area (Å²) in [5.41, 5.74) is 23.2. The van der Waals surface area contributed by atoms with Gasteiger partial charge in [-0.05, 0) is 85.3 Å². The van der Waals surface area contributed by atoms with Gasteiger partial charge in [0.05, 0.1) is 44.8 Å². The smallest absolute Gasteiger partial charge is 0.160 e. The lowest BCUT2D eigenvalue weighted by atomic mass is 9.92. The van der Waals surface area contributed by atoms with E-state index in [0.717, 1.165) is 144 Å². The Morgan fingerprint density at radius 3 is 0.992 bits per heavy atom. The van der Waals surface area contributed by atoms with Crippen LogP contribution in [0.5, 0.6) is 0 Å². The minimum Gasteiger partial charge on any atom is -0.246 e. The van der Waals surface area contributed by atoms with Gasteiger partial charge >= 0.3 is 0 Å². The molecule has 0 bridgehead atoms. The molecule has 6 nitrogen and oxygen atoms in total. The first-order valence-electron chi connectivity index (χ1n) is 39.9. The summed E-state index contributed by atoms with van der Waals surface area (Å²) in [4.78, 5) is 31.3. The Morgan fingerprint density at radius 1 is 0.161 bits per heavy atom. The highest BCUT2D eigenvalue weighted by Crippen LogP contribution is 2.47. The average Bonchev–Trinajstić information content (AvgIpc) is 0.974. The van der Waals surface area contributed by atoms with Crippen LogP contribution in [-0.2, 0) is 0 Å². The lowest BCUT2D eigenvalue weighted by Gasteiger charge is -2.16. The molecule has 0 aliphatic heterocycles. The lowest BCUT2D eigenvalue weighted by Crippen LogP contribution is -1.96. The highest BCUT2D eigenvalue weighted by atomic mass is 32.1. The monoisotopic (exact) mass is 1530 g/mol. The standard InChI is InChI=1S/2C55H33N3S/c1-2-13-39(14-3-1)55-56-48-22-8-6-17-45(48)51(58-55)37-28-30-38(31-29-37)52-47-33-32-34-12-4-5-15-40(34)50(47)46-21-10-18-41(53(46)57-52)35-24-26-36(27-25-35)42-19-11-20-44-43-16-7-9-23-49(43)59-54(42)44;1-2-13-39(14-3-1)55-56-47-21-8-6-16-43(47)52(58-55)37-28-30-38(31-29-37)53-46-33-32-34-12-4-5-15-40(34)50(46)45-20-10-19-42(54(45)57-53)36-26-24-35(25-27-36)41-18-11-23-49-51(41)44-17-7-9-22-48(44)59-49/h2*1-33H. The van der Waals surface area contributed by atoms with Gasteiger partial charge in [0.1, 0.15) is 0 Å². The number of aromatic nitrogens is 6. The van der Waals surface area contributed by atoms with Crippen molar-refractivity contribution in [2.24, 2.45) is 0 Å². The Hall–Kier alpha value is -15.1. The molecule has 24 rings (SSSR count). The maximum absolute atomic E-state index is 5.59. The van der Waals surface area contributed by atoms with Crippen LogP contribution in [-0.4, -0.2) is 29.9 Å². The summed E-state index contributed by atoms with van der Waals surface area (Å²) in [6.07, 6.45) is 0. The second-order valence-corrected chi connectivity index (χ2v) is 32.3. The van der Waals surface area contributed by atoms with Crippen LogP contribution in [0.3, 0.4) is 0 Å². The molecule has 548 valence electrons. The molecule has 0 radical (unpaired) electrons. The van der Waals surface area contributed by atoms with Crippen molar-refractivity contribution < 1.29 is 0 Å². The average molecular weight is 1540 g/mol. The van der Waals surface area contributed by atoms with Crippen molar-refractivity contribution in [1.29, 1.82) is 0 Å². The van der Waals surface area contributed by atoms with E-state index < -0.39 is 0 Å². The number of para-hydroxylation sites is 4. The molecule has 18 aromatic carbocycles. The fraction of sp³-hybridized carbons (Fsp3) is 0. The molecular weight excluding hydrogens is 1470 g/mol. The number of hydrogen-bond acceptors (Lipinski definition) is 8. The maximum Gasteiger partial charge on any atom is 0.160 e. The van der Waals surface area contributed by atoms with Gasteiger partial charge in [-0.1, -0.05) is 370 Å². The van der Waals surface area contributed by atoms with Crippen LogP contribution in [0.15, 0.2) is 400 Å². The second kappa shape index (κ2) is 28.5. The minimum atomic E-state index is 0.718. The molecule has 0 amide bonds. The molecule has 118 heavy (non-hydrogen) atoms. The number of thiophene rings is 2. The van der Waals surface area contributed by atoms with E-state index in [-0.39, 0.29) is 0 Å². The Balaban J connectivity index is 0.000000138. The zero-order valence-electron chi connectivity index (χ0n) is 63.6. The van der Waals surface area contributed by atoms with Crippen molar-refractivity contribution in [2.45, 2.75) is 0 Å². The summed E-state index contributed by atoms with van der Waals surface area (Å²) in [5, 5.41) is 19.2. The third-order valence-electron chi connectivity index (χ3n) is 23.4. The summed E-state index contributed by atoms with van der Waals surface area (Å²) in [7, 11) is 0. The van der Waals surface area contributed by atoms with E-state index in [4.69, 9.17) is 29.9 Å². The normalized spacial score (nSPS) is 11.7. The molecule has 6 aromatic heterocycles. The molecule has 0 fully saturated rings. The molecule has 0 saturated carbocycles. The maximum atomic E-state index is 5.59. The zero-order valence-corrected chi connectivity index (χ0v) is 65.2. The summed E-state index contributed by atoms with van der Waals surface area (Å²) >= 11 is 3.73. The molecule has 0 spiro atoms. The Kier molecular flexibility index (Phi) is 16.5. The van der Waals surface area contributed by atoms with Crippen LogP contribution < -0.4 is 0 Å². The zero-order chi connectivity index (χ0) is 77.7. The van der Waals surface area contributed by atoms with Crippen LogP contribution in [0.25, 0.3) is 239 Å². The molecule has 0 atom stereocenters. The number of pyridine rings is 2. The predicted molar refractivity (Wildman–Crippen MR) is 500 cm³/mol.